The number of hydrogen-bond donors (Lipinski definition) is 1. The first-order valence-electron chi connectivity index (χ1n) is 5.48. The summed E-state index contributed by atoms with van der Waals surface area (Å²) in [6.45, 7) is 3.35. The van der Waals surface area contributed by atoms with Crippen molar-refractivity contribution in [2.24, 2.45) is 5.73 Å². The van der Waals surface area contributed by atoms with Gasteiger partial charge in [-0.2, -0.15) is 0 Å². The minimum absolute atomic E-state index is 0.485. The van der Waals surface area contributed by atoms with E-state index in [1.807, 2.05) is 30.6 Å². The number of imidazole rings is 1. The first-order chi connectivity index (χ1) is 7.83. The normalized spacial score (nSPS) is 10.6. The second-order valence-corrected chi connectivity index (χ2v) is 3.65. The molecule has 0 spiro atoms. The molecule has 0 unspecified atom stereocenters. The highest BCUT2D eigenvalue weighted by Gasteiger charge is 2.02. The minimum Gasteiger partial charge on any atom is -0.329 e. The molecule has 0 aliphatic carbocycles. The quantitative estimate of drug-likeness (QED) is 0.839. The van der Waals surface area contributed by atoms with Crippen molar-refractivity contribution in [2.45, 2.75) is 26.4 Å². The predicted octanol–water partition coefficient (Wildman–Crippen LogP) is 1.35. The average Bonchev–Trinajstić information content (AvgIpc) is 2.76. The third-order valence-corrected chi connectivity index (χ3v) is 2.52. The van der Waals surface area contributed by atoms with E-state index in [1.54, 1.807) is 0 Å². The Balaban J connectivity index is 2.20. The summed E-state index contributed by atoms with van der Waals surface area (Å²) < 4.78 is 2.11. The Morgan fingerprint density at radius 2 is 2.12 bits per heavy atom. The smallest absolute Gasteiger partial charge is 0.108 e. The van der Waals surface area contributed by atoms with E-state index in [1.165, 1.54) is 0 Å². The van der Waals surface area contributed by atoms with Crippen LogP contribution in [0.1, 0.15) is 24.1 Å². The third-order valence-electron chi connectivity index (χ3n) is 2.52. The van der Waals surface area contributed by atoms with Crippen molar-refractivity contribution in [2.75, 3.05) is 0 Å². The molecule has 0 radical (unpaired) electrons. The highest BCUT2D eigenvalue weighted by atomic mass is 15.1. The number of aryl methyl sites for hydroxylation is 1. The molecule has 2 heterocycles. The van der Waals surface area contributed by atoms with Crippen molar-refractivity contribution in [3.05, 3.63) is 47.8 Å². The molecule has 16 heavy (non-hydrogen) atoms. The highest BCUT2D eigenvalue weighted by molar-refractivity contribution is 5.12. The number of pyridine rings is 1. The van der Waals surface area contributed by atoms with Gasteiger partial charge in [0.15, 0.2) is 0 Å². The van der Waals surface area contributed by atoms with Gasteiger partial charge in [0.1, 0.15) is 5.82 Å². The molecule has 4 heteroatoms. The second-order valence-electron chi connectivity index (χ2n) is 3.65. The van der Waals surface area contributed by atoms with Gasteiger partial charge in [-0.15, -0.1) is 0 Å². The molecule has 0 saturated carbocycles. The van der Waals surface area contributed by atoms with Crippen LogP contribution in [0.25, 0.3) is 0 Å². The summed E-state index contributed by atoms with van der Waals surface area (Å²) in [6, 6.07) is 5.95. The SMILES string of the molecule is CCc1nccn1Cc1cccc(CN)n1. The van der Waals surface area contributed by atoms with Gasteiger partial charge in [0.25, 0.3) is 0 Å². The van der Waals surface area contributed by atoms with E-state index in [9.17, 15) is 0 Å². The first-order valence-corrected chi connectivity index (χ1v) is 5.48. The molecular formula is C12H16N4. The molecule has 2 aromatic heterocycles. The van der Waals surface area contributed by atoms with Crippen LogP contribution in [0.2, 0.25) is 0 Å². The van der Waals surface area contributed by atoms with E-state index in [0.717, 1.165) is 30.2 Å². The topological polar surface area (TPSA) is 56.7 Å². The fourth-order valence-corrected chi connectivity index (χ4v) is 1.70. The maximum Gasteiger partial charge on any atom is 0.108 e. The molecule has 0 fully saturated rings. The van der Waals surface area contributed by atoms with Gasteiger partial charge in [0.05, 0.1) is 17.9 Å². The summed E-state index contributed by atoms with van der Waals surface area (Å²) in [5.41, 5.74) is 7.52. The van der Waals surface area contributed by atoms with Crippen molar-refractivity contribution in [3.8, 4) is 0 Å². The van der Waals surface area contributed by atoms with Gasteiger partial charge in [-0.25, -0.2) is 4.98 Å². The van der Waals surface area contributed by atoms with Crippen LogP contribution in [0.4, 0.5) is 0 Å². The Kier molecular flexibility index (Phi) is 3.31. The number of nitrogens with zero attached hydrogens (tertiary/aromatic N) is 3. The van der Waals surface area contributed by atoms with Crippen molar-refractivity contribution in [1.29, 1.82) is 0 Å². The van der Waals surface area contributed by atoms with Gasteiger partial charge in [0, 0.05) is 25.4 Å². The van der Waals surface area contributed by atoms with Crippen LogP contribution in [-0.2, 0) is 19.5 Å². The Morgan fingerprint density at radius 1 is 1.31 bits per heavy atom. The third kappa shape index (κ3) is 2.28. The minimum atomic E-state index is 0.485. The molecule has 0 saturated heterocycles. The maximum atomic E-state index is 5.57. The lowest BCUT2D eigenvalue weighted by molar-refractivity contribution is 0.712. The van der Waals surface area contributed by atoms with Crippen LogP contribution in [0.5, 0.6) is 0 Å². The molecule has 84 valence electrons. The lowest BCUT2D eigenvalue weighted by atomic mass is 10.3. The zero-order valence-corrected chi connectivity index (χ0v) is 9.43. The summed E-state index contributed by atoms with van der Waals surface area (Å²) in [5.74, 6) is 1.08. The molecule has 0 amide bonds. The van der Waals surface area contributed by atoms with Gasteiger partial charge in [-0.05, 0) is 12.1 Å². The van der Waals surface area contributed by atoms with E-state index in [0.29, 0.717) is 6.54 Å². The first kappa shape index (κ1) is 10.8. The Labute approximate surface area is 95.1 Å². The molecule has 2 N–H and O–H groups in total. The Hall–Kier alpha value is -1.68. The molecule has 0 aliphatic heterocycles. The van der Waals surface area contributed by atoms with Crippen molar-refractivity contribution in [1.82, 2.24) is 14.5 Å². The lowest BCUT2D eigenvalue weighted by Gasteiger charge is -2.06. The fraction of sp³-hybridized carbons (Fsp3) is 0.333. The van der Waals surface area contributed by atoms with Crippen molar-refractivity contribution < 1.29 is 0 Å². The lowest BCUT2D eigenvalue weighted by Crippen LogP contribution is -2.07. The summed E-state index contributed by atoms with van der Waals surface area (Å²) in [5, 5.41) is 0. The average molecular weight is 216 g/mol. The van der Waals surface area contributed by atoms with E-state index < -0.39 is 0 Å². The van der Waals surface area contributed by atoms with Gasteiger partial charge in [-0.1, -0.05) is 13.0 Å². The maximum absolute atomic E-state index is 5.57. The van der Waals surface area contributed by atoms with E-state index in [4.69, 9.17) is 5.73 Å². The van der Waals surface area contributed by atoms with Crippen LogP contribution < -0.4 is 5.73 Å². The Bertz CT molecular complexity index is 462. The van der Waals surface area contributed by atoms with Crippen LogP contribution >= 0.6 is 0 Å². The monoisotopic (exact) mass is 216 g/mol. The predicted molar refractivity (Wildman–Crippen MR) is 62.8 cm³/mol. The summed E-state index contributed by atoms with van der Waals surface area (Å²) in [4.78, 5) is 8.75. The summed E-state index contributed by atoms with van der Waals surface area (Å²) in [6.07, 6.45) is 4.74. The van der Waals surface area contributed by atoms with Crippen LogP contribution in [0.3, 0.4) is 0 Å². The summed E-state index contributed by atoms with van der Waals surface area (Å²) >= 11 is 0. The number of nitrogens with two attached hydrogens (primary N) is 1. The molecular weight excluding hydrogens is 200 g/mol. The van der Waals surface area contributed by atoms with Gasteiger partial charge < -0.3 is 10.3 Å². The second kappa shape index (κ2) is 4.90. The van der Waals surface area contributed by atoms with Crippen LogP contribution in [0, 0.1) is 0 Å². The molecule has 0 atom stereocenters. The molecule has 0 aliphatic rings. The number of hydrogen-bond acceptors (Lipinski definition) is 3. The number of rotatable bonds is 4. The zero-order valence-electron chi connectivity index (χ0n) is 9.43. The van der Waals surface area contributed by atoms with Crippen molar-refractivity contribution >= 4 is 0 Å². The van der Waals surface area contributed by atoms with E-state index in [-0.39, 0.29) is 0 Å². The number of aromatic nitrogens is 3. The molecule has 0 aromatic carbocycles. The Morgan fingerprint density at radius 3 is 2.88 bits per heavy atom. The summed E-state index contributed by atoms with van der Waals surface area (Å²) in [7, 11) is 0. The van der Waals surface area contributed by atoms with Gasteiger partial charge in [0.2, 0.25) is 0 Å². The van der Waals surface area contributed by atoms with Crippen molar-refractivity contribution in [3.63, 3.8) is 0 Å². The fourth-order valence-electron chi connectivity index (χ4n) is 1.70. The van der Waals surface area contributed by atoms with E-state index >= 15 is 0 Å². The van der Waals surface area contributed by atoms with E-state index in [2.05, 4.69) is 21.5 Å². The standard InChI is InChI=1S/C12H16N4/c1-2-12-14-6-7-16(12)9-11-5-3-4-10(8-13)15-11/h3-7H,2,8-9,13H2,1H3. The van der Waals surface area contributed by atoms with Gasteiger partial charge in [-0.3, -0.25) is 4.98 Å². The largest absolute Gasteiger partial charge is 0.329 e. The molecule has 2 aromatic rings. The van der Waals surface area contributed by atoms with Crippen LogP contribution in [0.15, 0.2) is 30.6 Å². The zero-order chi connectivity index (χ0) is 11.4. The molecule has 0 bridgehead atoms. The molecule has 2 rings (SSSR count). The highest BCUT2D eigenvalue weighted by Crippen LogP contribution is 2.05. The molecule has 4 nitrogen and oxygen atoms in total. The van der Waals surface area contributed by atoms with Gasteiger partial charge >= 0.3 is 0 Å². The van der Waals surface area contributed by atoms with Crippen LogP contribution in [-0.4, -0.2) is 14.5 Å².